The van der Waals surface area contributed by atoms with E-state index in [1.807, 2.05) is 6.26 Å². The Morgan fingerprint density at radius 2 is 1.85 bits per heavy atom. The molecule has 7 N–H and O–H groups in total. The van der Waals surface area contributed by atoms with E-state index in [1.165, 1.54) is 21.6 Å². The van der Waals surface area contributed by atoms with Crippen molar-refractivity contribution in [3.8, 4) is 11.7 Å². The second kappa shape index (κ2) is 20.7. The summed E-state index contributed by atoms with van der Waals surface area (Å²) in [5.41, 5.74) is 5.15. The van der Waals surface area contributed by atoms with Gasteiger partial charge in [0.15, 0.2) is 0 Å². The SMILES string of the molecule is CSSC(C)O[C@@H]1C[C@H](BC#CCNC(=O)CCCCSSCCN)OC1COP(=O)(O)OP(=O)(O)OP(=O)(O)O. The highest BCUT2D eigenvalue weighted by Crippen LogP contribution is 2.66. The minimum atomic E-state index is -5.63. The lowest BCUT2D eigenvalue weighted by atomic mass is 9.71. The molecule has 0 spiro atoms. The average Bonchev–Trinajstić information content (AvgIpc) is 3.21. The van der Waals surface area contributed by atoms with E-state index < -0.39 is 48.3 Å². The first-order chi connectivity index (χ1) is 19.2. The fraction of sp³-hybridized carbons (Fsp3) is 0.833. The molecule has 4 unspecified atom stereocenters. The third-order valence-electron chi connectivity index (χ3n) is 4.69. The number of rotatable bonds is 21. The molecule has 0 aliphatic carbocycles. The molecule has 238 valence electrons. The van der Waals surface area contributed by atoms with Crippen LogP contribution in [0.3, 0.4) is 0 Å². The van der Waals surface area contributed by atoms with Gasteiger partial charge in [0, 0.05) is 30.5 Å². The molecule has 1 rings (SSSR count). The van der Waals surface area contributed by atoms with Crippen LogP contribution in [0.25, 0.3) is 0 Å². The van der Waals surface area contributed by atoms with Gasteiger partial charge in [0.1, 0.15) is 11.5 Å². The van der Waals surface area contributed by atoms with Crippen molar-refractivity contribution in [2.24, 2.45) is 5.73 Å². The zero-order valence-electron chi connectivity index (χ0n) is 22.4. The molecule has 1 saturated heterocycles. The maximum Gasteiger partial charge on any atom is 0.490 e. The van der Waals surface area contributed by atoms with Gasteiger partial charge in [-0.1, -0.05) is 49.1 Å². The lowest BCUT2D eigenvalue weighted by molar-refractivity contribution is -0.120. The molecule has 6 atom stereocenters. The summed E-state index contributed by atoms with van der Waals surface area (Å²) in [6, 6.07) is -0.446. The van der Waals surface area contributed by atoms with Crippen LogP contribution in [-0.4, -0.2) is 93.9 Å². The normalized spacial score (nSPS) is 22.7. The van der Waals surface area contributed by atoms with Gasteiger partial charge in [-0.25, -0.2) is 13.7 Å². The number of phosphoric ester groups is 1. The minimum absolute atomic E-state index is 0.0868. The summed E-state index contributed by atoms with van der Waals surface area (Å²) >= 11 is 0. The Hall–Kier alpha value is 0.785. The highest BCUT2D eigenvalue weighted by molar-refractivity contribution is 8.77. The van der Waals surface area contributed by atoms with Crippen molar-refractivity contribution in [3.05, 3.63) is 0 Å². The number of hydrogen-bond acceptors (Lipinski definition) is 14. The molecule has 15 nitrogen and oxygen atoms in total. The number of phosphoric acid groups is 3. The van der Waals surface area contributed by atoms with Crippen LogP contribution in [-0.2, 0) is 41.1 Å². The Labute approximate surface area is 256 Å². The summed E-state index contributed by atoms with van der Waals surface area (Å²) in [6.07, 6.45) is 2.84. The van der Waals surface area contributed by atoms with Gasteiger partial charge in [0.05, 0.1) is 19.3 Å². The lowest BCUT2D eigenvalue weighted by Crippen LogP contribution is -2.30. The highest BCUT2D eigenvalue weighted by Gasteiger charge is 2.43. The second-order valence-corrected chi connectivity index (χ2v) is 18.0. The summed E-state index contributed by atoms with van der Waals surface area (Å²) in [6.45, 7) is 2.00. The van der Waals surface area contributed by atoms with Gasteiger partial charge in [-0.2, -0.15) is 14.4 Å². The van der Waals surface area contributed by atoms with Crippen LogP contribution in [0.5, 0.6) is 0 Å². The van der Waals surface area contributed by atoms with Crippen LogP contribution in [0.1, 0.15) is 32.6 Å². The van der Waals surface area contributed by atoms with Gasteiger partial charge >= 0.3 is 23.5 Å². The number of carbonyl (C=O) groups is 1. The van der Waals surface area contributed by atoms with Crippen molar-refractivity contribution in [1.29, 1.82) is 0 Å². The molecule has 0 aromatic carbocycles. The van der Waals surface area contributed by atoms with Crippen molar-refractivity contribution >= 4 is 79.8 Å². The molecular formula is C18H36BN2O13P3S4. The van der Waals surface area contributed by atoms with E-state index in [1.54, 1.807) is 28.5 Å². The van der Waals surface area contributed by atoms with Crippen LogP contribution in [0.15, 0.2) is 0 Å². The number of nitrogens with two attached hydrogens (primary N) is 1. The van der Waals surface area contributed by atoms with Gasteiger partial charge in [-0.15, -0.1) is 0 Å². The summed E-state index contributed by atoms with van der Waals surface area (Å²) in [7, 11) is -9.80. The number of ether oxygens (including phenoxy) is 2. The van der Waals surface area contributed by atoms with Gasteiger partial charge in [-0.3, -0.25) is 9.32 Å². The number of nitrogens with one attached hydrogen (secondary N) is 1. The van der Waals surface area contributed by atoms with Gasteiger partial charge in [-0.05, 0) is 32.4 Å². The second-order valence-electron chi connectivity index (χ2n) is 8.15. The quantitative estimate of drug-likeness (QED) is 0.0249. The topological polar surface area (TPSA) is 233 Å². The number of unbranched alkanes of at least 4 members (excludes halogenated alkanes) is 1. The summed E-state index contributed by atoms with van der Waals surface area (Å²) < 4.78 is 58.4. The van der Waals surface area contributed by atoms with Gasteiger partial charge in [0.2, 0.25) is 13.2 Å². The van der Waals surface area contributed by atoms with Crippen LogP contribution in [0.4, 0.5) is 0 Å². The predicted molar refractivity (Wildman–Crippen MR) is 164 cm³/mol. The molecule has 1 fully saturated rings. The summed E-state index contributed by atoms with van der Waals surface area (Å²) in [5, 5.41) is 2.74. The predicted octanol–water partition coefficient (Wildman–Crippen LogP) is 2.21. The fourth-order valence-corrected chi connectivity index (χ4v) is 9.63. The highest BCUT2D eigenvalue weighted by atomic mass is 33.1. The Balaban J connectivity index is 2.55. The first-order valence-electron chi connectivity index (χ1n) is 12.1. The van der Waals surface area contributed by atoms with E-state index in [9.17, 15) is 28.3 Å². The molecule has 1 aliphatic heterocycles. The Morgan fingerprint density at radius 3 is 2.51 bits per heavy atom. The zero-order chi connectivity index (χ0) is 30.9. The minimum Gasteiger partial charge on any atom is -0.377 e. The summed E-state index contributed by atoms with van der Waals surface area (Å²) in [5.74, 6) is 7.56. The molecular weight excluding hydrogens is 684 g/mol. The van der Waals surface area contributed by atoms with Crippen LogP contribution in [0, 0.1) is 11.7 Å². The number of carbonyl (C=O) groups excluding carboxylic acids is 1. The van der Waals surface area contributed by atoms with Crippen molar-refractivity contribution in [2.75, 3.05) is 37.5 Å². The maximum absolute atomic E-state index is 12.1. The smallest absolute Gasteiger partial charge is 0.377 e. The number of amides is 1. The van der Waals surface area contributed by atoms with Crippen LogP contribution < -0.4 is 11.1 Å². The Kier molecular flexibility index (Phi) is 20.1. The van der Waals surface area contributed by atoms with Crippen molar-refractivity contribution < 1.29 is 60.7 Å². The first kappa shape index (κ1) is 39.8. The van der Waals surface area contributed by atoms with Crippen LogP contribution in [0.2, 0.25) is 0 Å². The third-order valence-corrected chi connectivity index (χ3v) is 13.0. The van der Waals surface area contributed by atoms with E-state index in [4.69, 9.17) is 29.5 Å². The van der Waals surface area contributed by atoms with Gasteiger partial charge < -0.3 is 40.1 Å². The molecule has 0 bridgehead atoms. The molecule has 23 heteroatoms. The molecule has 1 amide bonds. The third kappa shape index (κ3) is 20.4. The van der Waals surface area contributed by atoms with E-state index in [0.717, 1.165) is 24.3 Å². The molecule has 0 saturated carbocycles. The molecule has 41 heavy (non-hydrogen) atoms. The maximum atomic E-state index is 12.1. The van der Waals surface area contributed by atoms with E-state index in [2.05, 4.69) is 25.7 Å². The molecule has 1 aliphatic rings. The van der Waals surface area contributed by atoms with E-state index >= 15 is 0 Å². The Morgan fingerprint density at radius 1 is 1.15 bits per heavy atom. The number of hydrogen-bond donors (Lipinski definition) is 6. The van der Waals surface area contributed by atoms with Crippen molar-refractivity contribution in [1.82, 2.24) is 5.32 Å². The standard InChI is InChI=1S/C18H36BN2O13P3S4/c1-14(41-38-2)31-15-12-17(19-7-5-9-21-18(22)6-3-4-10-39-40-11-8-20)32-16(15)13-30-36(26,27)34-37(28,29)33-35(23,24)25/h14-17,19H,3-4,6,8-13,20H2,1-2H3,(H,21,22)(H,26,27)(H,28,29)(H2,23,24,25)/t14?,15-,16?,17-/m1/s1. The van der Waals surface area contributed by atoms with E-state index in [-0.39, 0.29) is 25.2 Å². The van der Waals surface area contributed by atoms with Crippen LogP contribution >= 0.6 is 66.6 Å². The molecule has 0 radical (unpaired) electrons. The fourth-order valence-electron chi connectivity index (χ4n) is 3.19. The van der Waals surface area contributed by atoms with Crippen molar-refractivity contribution in [3.63, 3.8) is 0 Å². The van der Waals surface area contributed by atoms with Gasteiger partial charge in [0.25, 0.3) is 0 Å². The summed E-state index contributed by atoms with van der Waals surface area (Å²) in [4.78, 5) is 48.3. The average molecular weight is 720 g/mol. The molecule has 0 aromatic heterocycles. The molecule has 1 heterocycles. The zero-order valence-corrected chi connectivity index (χ0v) is 28.3. The monoisotopic (exact) mass is 720 g/mol. The largest absolute Gasteiger partial charge is 0.490 e. The Bertz CT molecular complexity index is 1000. The molecule has 0 aromatic rings. The lowest BCUT2D eigenvalue weighted by Gasteiger charge is -2.23. The first-order valence-corrected chi connectivity index (χ1v) is 21.7. The van der Waals surface area contributed by atoms with Crippen molar-refractivity contribution in [2.45, 2.75) is 56.3 Å². The van der Waals surface area contributed by atoms with E-state index in [0.29, 0.717) is 19.4 Å².